The number of likely N-dealkylation sites (N-methyl/N-ethyl adjacent to an activating group) is 1. The number of amides is 1. The largest absolute Gasteiger partial charge is 0.323 e. The van der Waals surface area contributed by atoms with Crippen molar-refractivity contribution < 1.29 is 9.69 Å². The van der Waals surface area contributed by atoms with Crippen LogP contribution in [0.25, 0.3) is 0 Å². The monoisotopic (exact) mass is 306 g/mol. The van der Waals surface area contributed by atoms with Crippen LogP contribution in [-0.4, -0.2) is 19.0 Å². The van der Waals surface area contributed by atoms with Crippen molar-refractivity contribution in [3.8, 4) is 6.07 Å². The van der Waals surface area contributed by atoms with E-state index in [9.17, 15) is 4.79 Å². The Kier molecular flexibility index (Phi) is 5.30. The van der Waals surface area contributed by atoms with Crippen LogP contribution in [0.15, 0.2) is 29.0 Å². The minimum Gasteiger partial charge on any atom is -0.323 e. The van der Waals surface area contributed by atoms with Crippen molar-refractivity contribution in [2.45, 2.75) is 13.5 Å². The second-order valence-electron chi connectivity index (χ2n) is 4.36. The van der Waals surface area contributed by atoms with Gasteiger partial charge in [0.1, 0.15) is 17.6 Å². The molecule has 1 amide bonds. The van der Waals surface area contributed by atoms with E-state index in [-0.39, 0.29) is 5.91 Å². The third kappa shape index (κ3) is 3.90. The van der Waals surface area contributed by atoms with Crippen LogP contribution in [0.3, 0.4) is 0 Å². The van der Waals surface area contributed by atoms with Crippen LogP contribution in [0.4, 0.5) is 5.00 Å². The zero-order valence-corrected chi connectivity index (χ0v) is 12.8. The lowest BCUT2D eigenvalue weighted by Crippen LogP contribution is -3.11. The van der Waals surface area contributed by atoms with E-state index in [1.54, 1.807) is 17.4 Å². The van der Waals surface area contributed by atoms with E-state index in [4.69, 9.17) is 5.26 Å². The van der Waals surface area contributed by atoms with Crippen molar-refractivity contribution in [3.63, 3.8) is 0 Å². The maximum absolute atomic E-state index is 12.0. The van der Waals surface area contributed by atoms with Gasteiger partial charge in [0.05, 0.1) is 17.0 Å². The van der Waals surface area contributed by atoms with Crippen LogP contribution in [0.1, 0.15) is 17.4 Å². The maximum Gasteiger partial charge on any atom is 0.280 e. The van der Waals surface area contributed by atoms with Crippen molar-refractivity contribution in [2.75, 3.05) is 18.4 Å². The Morgan fingerprint density at radius 3 is 2.90 bits per heavy atom. The number of hydrogen-bond acceptors (Lipinski definition) is 4. The fraction of sp³-hybridized carbons (Fsp3) is 0.286. The molecule has 6 heteroatoms. The normalized spacial score (nSPS) is 11.8. The Hall–Kier alpha value is -1.68. The summed E-state index contributed by atoms with van der Waals surface area (Å²) in [6.07, 6.45) is 0. The number of nitriles is 1. The molecule has 0 spiro atoms. The summed E-state index contributed by atoms with van der Waals surface area (Å²) in [6.45, 7) is 4.23. The maximum atomic E-state index is 12.0. The van der Waals surface area contributed by atoms with Crippen LogP contribution in [0, 0.1) is 11.3 Å². The molecule has 2 N–H and O–H groups in total. The van der Waals surface area contributed by atoms with Crippen LogP contribution >= 0.6 is 22.7 Å². The van der Waals surface area contributed by atoms with Crippen LogP contribution in [-0.2, 0) is 11.3 Å². The molecular formula is C14H16N3OS2+. The van der Waals surface area contributed by atoms with Gasteiger partial charge in [0.25, 0.3) is 5.91 Å². The summed E-state index contributed by atoms with van der Waals surface area (Å²) in [7, 11) is 0. The highest BCUT2D eigenvalue weighted by Gasteiger charge is 2.15. The molecule has 0 saturated carbocycles. The minimum absolute atomic E-state index is 0.0441. The number of anilines is 1. The number of nitrogens with one attached hydrogen (secondary N) is 2. The molecule has 0 aliphatic carbocycles. The first-order valence-corrected chi connectivity index (χ1v) is 8.12. The number of nitrogens with zero attached hydrogens (tertiary/aromatic N) is 1. The third-order valence-electron chi connectivity index (χ3n) is 2.95. The molecule has 20 heavy (non-hydrogen) atoms. The van der Waals surface area contributed by atoms with E-state index >= 15 is 0 Å². The van der Waals surface area contributed by atoms with Gasteiger partial charge in [-0.05, 0) is 29.8 Å². The quantitative estimate of drug-likeness (QED) is 0.854. The highest BCUT2D eigenvalue weighted by molar-refractivity contribution is 7.14. The molecule has 2 heterocycles. The molecule has 104 valence electrons. The van der Waals surface area contributed by atoms with E-state index in [1.807, 2.05) is 16.8 Å². The van der Waals surface area contributed by atoms with E-state index < -0.39 is 0 Å². The summed E-state index contributed by atoms with van der Waals surface area (Å²) in [6, 6.07) is 7.91. The van der Waals surface area contributed by atoms with Crippen molar-refractivity contribution in [1.29, 1.82) is 5.26 Å². The van der Waals surface area contributed by atoms with Gasteiger partial charge in [-0.1, -0.05) is 6.07 Å². The van der Waals surface area contributed by atoms with Gasteiger partial charge >= 0.3 is 0 Å². The molecule has 0 saturated heterocycles. The van der Waals surface area contributed by atoms with Gasteiger partial charge in [0.15, 0.2) is 6.54 Å². The number of rotatable bonds is 6. The molecule has 1 unspecified atom stereocenters. The highest BCUT2D eigenvalue weighted by atomic mass is 32.1. The minimum atomic E-state index is -0.0441. The Morgan fingerprint density at radius 2 is 2.25 bits per heavy atom. The standard InChI is InChI=1S/C14H15N3OS2/c1-2-17(9-12-4-3-6-19-12)10-13(18)16-14-11(8-15)5-7-20-14/h3-7H,2,9-10H2,1H3,(H,16,18)/p+1. The summed E-state index contributed by atoms with van der Waals surface area (Å²) in [4.78, 5) is 14.5. The smallest absolute Gasteiger partial charge is 0.280 e. The van der Waals surface area contributed by atoms with E-state index in [0.29, 0.717) is 17.1 Å². The number of carbonyl (C=O) groups excluding carboxylic acids is 1. The first kappa shape index (κ1) is 14.7. The van der Waals surface area contributed by atoms with Crippen molar-refractivity contribution >= 4 is 33.6 Å². The average Bonchev–Trinajstić information content (AvgIpc) is 3.09. The second-order valence-corrected chi connectivity index (χ2v) is 6.31. The Labute approximate surface area is 126 Å². The van der Waals surface area contributed by atoms with Crippen LogP contribution in [0.5, 0.6) is 0 Å². The highest BCUT2D eigenvalue weighted by Crippen LogP contribution is 2.21. The molecule has 2 aromatic rings. The summed E-state index contributed by atoms with van der Waals surface area (Å²) < 4.78 is 0. The molecule has 0 aliphatic heterocycles. The summed E-state index contributed by atoms with van der Waals surface area (Å²) in [5.74, 6) is -0.0441. The predicted molar refractivity (Wildman–Crippen MR) is 82.1 cm³/mol. The van der Waals surface area contributed by atoms with Gasteiger partial charge in [-0.3, -0.25) is 4.79 Å². The fourth-order valence-corrected chi connectivity index (χ4v) is 3.39. The molecule has 0 aliphatic rings. The van der Waals surface area contributed by atoms with E-state index in [1.165, 1.54) is 21.1 Å². The average molecular weight is 306 g/mol. The molecule has 1 atom stereocenters. The SMILES string of the molecule is CC[NH+](CC(=O)Nc1sccc1C#N)Cc1cccs1. The lowest BCUT2D eigenvalue weighted by atomic mass is 10.3. The first-order chi connectivity index (χ1) is 9.72. The molecule has 0 radical (unpaired) electrons. The molecule has 2 rings (SSSR count). The summed E-state index contributed by atoms with van der Waals surface area (Å²) in [5, 5.41) is 16.2. The van der Waals surface area contributed by atoms with Gasteiger partial charge in [0.2, 0.25) is 0 Å². The molecule has 4 nitrogen and oxygen atoms in total. The molecule has 2 aromatic heterocycles. The van der Waals surface area contributed by atoms with Gasteiger partial charge in [-0.15, -0.1) is 22.7 Å². The Balaban J connectivity index is 1.91. The number of carbonyl (C=O) groups is 1. The molecular weight excluding hydrogens is 290 g/mol. The van der Waals surface area contributed by atoms with Crippen LogP contribution in [0.2, 0.25) is 0 Å². The Bertz CT molecular complexity index is 598. The van der Waals surface area contributed by atoms with Crippen molar-refractivity contribution in [3.05, 3.63) is 39.4 Å². The van der Waals surface area contributed by atoms with Gasteiger partial charge in [-0.2, -0.15) is 5.26 Å². The lowest BCUT2D eigenvalue weighted by molar-refractivity contribution is -0.903. The van der Waals surface area contributed by atoms with E-state index in [0.717, 1.165) is 13.1 Å². The lowest BCUT2D eigenvalue weighted by Gasteiger charge is -2.16. The zero-order valence-electron chi connectivity index (χ0n) is 11.2. The zero-order chi connectivity index (χ0) is 14.4. The molecule has 0 bridgehead atoms. The Morgan fingerprint density at radius 1 is 1.40 bits per heavy atom. The van der Waals surface area contributed by atoms with Gasteiger partial charge in [-0.25, -0.2) is 0 Å². The third-order valence-corrected chi connectivity index (χ3v) is 4.66. The molecule has 0 fully saturated rings. The number of quaternary nitrogens is 1. The molecule has 0 aromatic carbocycles. The fourth-order valence-electron chi connectivity index (χ4n) is 1.86. The summed E-state index contributed by atoms with van der Waals surface area (Å²) >= 11 is 3.09. The first-order valence-electron chi connectivity index (χ1n) is 6.36. The topological polar surface area (TPSA) is 57.3 Å². The summed E-state index contributed by atoms with van der Waals surface area (Å²) in [5.41, 5.74) is 0.527. The van der Waals surface area contributed by atoms with Gasteiger partial charge < -0.3 is 10.2 Å². The number of thiophene rings is 2. The number of hydrogen-bond donors (Lipinski definition) is 2. The van der Waals surface area contributed by atoms with Gasteiger partial charge in [0, 0.05) is 0 Å². The second kappa shape index (κ2) is 7.20. The van der Waals surface area contributed by atoms with E-state index in [2.05, 4.69) is 24.4 Å². The van der Waals surface area contributed by atoms with Crippen LogP contribution < -0.4 is 10.2 Å². The van der Waals surface area contributed by atoms with Crippen molar-refractivity contribution in [2.24, 2.45) is 0 Å². The van der Waals surface area contributed by atoms with Crippen molar-refractivity contribution in [1.82, 2.24) is 0 Å². The predicted octanol–water partition coefficient (Wildman–Crippen LogP) is 1.72.